The van der Waals surface area contributed by atoms with E-state index in [9.17, 15) is 0 Å². The molecular formula is C21H26N2S. The predicted octanol–water partition coefficient (Wildman–Crippen LogP) is 5.23. The van der Waals surface area contributed by atoms with Gasteiger partial charge in [-0.3, -0.25) is 0 Å². The van der Waals surface area contributed by atoms with Crippen LogP contribution in [0.3, 0.4) is 0 Å². The molecule has 0 aliphatic heterocycles. The van der Waals surface area contributed by atoms with Gasteiger partial charge in [0.15, 0.2) is 5.11 Å². The highest BCUT2D eigenvalue weighted by atomic mass is 32.1. The zero-order valence-corrected chi connectivity index (χ0v) is 15.6. The van der Waals surface area contributed by atoms with Crippen LogP contribution in [0.2, 0.25) is 0 Å². The van der Waals surface area contributed by atoms with Crippen molar-refractivity contribution in [3.63, 3.8) is 0 Å². The number of aryl methyl sites for hydroxylation is 3. The van der Waals surface area contributed by atoms with Gasteiger partial charge in [-0.25, -0.2) is 0 Å². The van der Waals surface area contributed by atoms with Gasteiger partial charge in [-0.15, -0.1) is 0 Å². The Morgan fingerprint density at radius 1 is 1.04 bits per heavy atom. The Hall–Kier alpha value is -1.87. The fraction of sp³-hybridized carbons (Fsp3) is 0.381. The molecule has 0 spiro atoms. The number of rotatable bonds is 3. The number of hydrogen-bond donors (Lipinski definition) is 2. The molecule has 1 aliphatic rings. The van der Waals surface area contributed by atoms with Crippen LogP contribution in [-0.4, -0.2) is 5.11 Å². The first-order valence-electron chi connectivity index (χ1n) is 8.80. The Balaban J connectivity index is 1.67. The molecule has 2 nitrogen and oxygen atoms in total. The zero-order chi connectivity index (χ0) is 17.1. The van der Waals surface area contributed by atoms with Crippen molar-refractivity contribution < 1.29 is 0 Å². The summed E-state index contributed by atoms with van der Waals surface area (Å²) in [6.45, 7) is 6.40. The molecule has 0 saturated heterocycles. The van der Waals surface area contributed by atoms with Crippen LogP contribution in [0.25, 0.3) is 0 Å². The summed E-state index contributed by atoms with van der Waals surface area (Å²) >= 11 is 5.51. The molecule has 2 aromatic carbocycles. The number of benzene rings is 2. The fourth-order valence-corrected chi connectivity index (χ4v) is 3.63. The number of thiocarbonyl (C=S) groups is 1. The second-order valence-corrected chi connectivity index (χ2v) is 7.21. The second kappa shape index (κ2) is 7.35. The van der Waals surface area contributed by atoms with E-state index in [1.807, 2.05) is 0 Å². The van der Waals surface area contributed by atoms with Crippen molar-refractivity contribution in [2.75, 3.05) is 5.32 Å². The Labute approximate surface area is 150 Å². The molecule has 0 heterocycles. The Morgan fingerprint density at radius 3 is 2.58 bits per heavy atom. The van der Waals surface area contributed by atoms with Gasteiger partial charge >= 0.3 is 0 Å². The van der Waals surface area contributed by atoms with Crippen molar-refractivity contribution >= 4 is 23.0 Å². The first-order chi connectivity index (χ1) is 11.5. The van der Waals surface area contributed by atoms with Gasteiger partial charge in [-0.2, -0.15) is 0 Å². The molecule has 0 bridgehead atoms. The largest absolute Gasteiger partial charge is 0.356 e. The first kappa shape index (κ1) is 17.0. The molecule has 0 radical (unpaired) electrons. The fourth-order valence-electron chi connectivity index (χ4n) is 3.35. The molecule has 2 aromatic rings. The van der Waals surface area contributed by atoms with Crippen LogP contribution < -0.4 is 10.6 Å². The quantitative estimate of drug-likeness (QED) is 0.749. The molecule has 0 saturated carbocycles. The summed E-state index contributed by atoms with van der Waals surface area (Å²) in [5.74, 6) is 0. The highest BCUT2D eigenvalue weighted by Gasteiger charge is 2.13. The third-order valence-corrected chi connectivity index (χ3v) is 5.29. The molecule has 0 amide bonds. The highest BCUT2D eigenvalue weighted by Crippen LogP contribution is 2.25. The third kappa shape index (κ3) is 3.78. The average Bonchev–Trinajstić information content (AvgIpc) is 2.58. The van der Waals surface area contributed by atoms with Crippen molar-refractivity contribution in [1.82, 2.24) is 5.32 Å². The molecule has 3 rings (SSSR count). The summed E-state index contributed by atoms with van der Waals surface area (Å²) in [7, 11) is 0. The van der Waals surface area contributed by atoms with Crippen molar-refractivity contribution in [3.05, 3.63) is 64.2 Å². The molecule has 0 aromatic heterocycles. The summed E-state index contributed by atoms with van der Waals surface area (Å²) in [5, 5.41) is 7.43. The van der Waals surface area contributed by atoms with Gasteiger partial charge in [0.1, 0.15) is 0 Å². The standard InChI is InChI=1S/C21H26N2S/c1-14-7-6-10-20(15(14)2)23-21(24)22-16(3)18-12-11-17-8-4-5-9-19(17)13-18/h6-7,10-13,16H,4-5,8-9H2,1-3H3,(H2,22,23,24)/t16-/m1/s1. The van der Waals surface area contributed by atoms with Crippen LogP contribution in [-0.2, 0) is 12.8 Å². The Kier molecular flexibility index (Phi) is 5.20. The van der Waals surface area contributed by atoms with Gasteiger partial charge in [0, 0.05) is 5.69 Å². The van der Waals surface area contributed by atoms with Crippen molar-refractivity contribution in [2.45, 2.75) is 52.5 Å². The molecular weight excluding hydrogens is 312 g/mol. The maximum Gasteiger partial charge on any atom is 0.171 e. The van der Waals surface area contributed by atoms with E-state index >= 15 is 0 Å². The molecule has 0 fully saturated rings. The molecule has 3 heteroatoms. The van der Waals surface area contributed by atoms with E-state index in [1.165, 1.54) is 53.5 Å². The van der Waals surface area contributed by atoms with Crippen LogP contribution in [0.15, 0.2) is 36.4 Å². The topological polar surface area (TPSA) is 24.1 Å². The second-order valence-electron chi connectivity index (χ2n) is 6.80. The molecule has 126 valence electrons. The van der Waals surface area contributed by atoms with Crippen molar-refractivity contribution in [2.24, 2.45) is 0 Å². The summed E-state index contributed by atoms with van der Waals surface area (Å²) in [4.78, 5) is 0. The molecule has 1 atom stereocenters. The third-order valence-electron chi connectivity index (χ3n) is 5.07. The van der Waals surface area contributed by atoms with Gasteiger partial charge in [-0.05, 0) is 92.6 Å². The van der Waals surface area contributed by atoms with E-state index in [0.29, 0.717) is 5.11 Å². The monoisotopic (exact) mass is 338 g/mol. The van der Waals surface area contributed by atoms with E-state index in [0.717, 1.165) is 5.69 Å². The Bertz CT molecular complexity index is 751. The van der Waals surface area contributed by atoms with Crippen molar-refractivity contribution in [1.29, 1.82) is 0 Å². The highest BCUT2D eigenvalue weighted by molar-refractivity contribution is 7.80. The lowest BCUT2D eigenvalue weighted by Crippen LogP contribution is -2.31. The lowest BCUT2D eigenvalue weighted by Gasteiger charge is -2.21. The van der Waals surface area contributed by atoms with E-state index in [-0.39, 0.29) is 6.04 Å². The summed E-state index contributed by atoms with van der Waals surface area (Å²) in [6.07, 6.45) is 5.07. The normalized spacial score (nSPS) is 14.6. The maximum atomic E-state index is 5.51. The molecule has 2 N–H and O–H groups in total. The molecule has 0 unspecified atom stereocenters. The smallest absolute Gasteiger partial charge is 0.171 e. The summed E-state index contributed by atoms with van der Waals surface area (Å²) < 4.78 is 0. The van der Waals surface area contributed by atoms with Crippen LogP contribution in [0, 0.1) is 13.8 Å². The van der Waals surface area contributed by atoms with Crippen LogP contribution in [0.4, 0.5) is 5.69 Å². The van der Waals surface area contributed by atoms with E-state index in [2.05, 4.69) is 67.8 Å². The first-order valence-corrected chi connectivity index (χ1v) is 9.21. The minimum absolute atomic E-state index is 0.197. The number of hydrogen-bond acceptors (Lipinski definition) is 1. The van der Waals surface area contributed by atoms with E-state index < -0.39 is 0 Å². The average molecular weight is 339 g/mol. The van der Waals surface area contributed by atoms with Gasteiger partial charge in [0.05, 0.1) is 6.04 Å². The van der Waals surface area contributed by atoms with E-state index in [4.69, 9.17) is 12.2 Å². The number of nitrogens with one attached hydrogen (secondary N) is 2. The van der Waals surface area contributed by atoms with Gasteiger partial charge in [0.25, 0.3) is 0 Å². The van der Waals surface area contributed by atoms with Crippen LogP contribution >= 0.6 is 12.2 Å². The zero-order valence-electron chi connectivity index (χ0n) is 14.8. The van der Waals surface area contributed by atoms with Gasteiger partial charge in [0.2, 0.25) is 0 Å². The van der Waals surface area contributed by atoms with Crippen molar-refractivity contribution in [3.8, 4) is 0 Å². The van der Waals surface area contributed by atoms with Crippen LogP contribution in [0.5, 0.6) is 0 Å². The number of anilines is 1. The summed E-state index contributed by atoms with van der Waals surface area (Å²) in [5.41, 5.74) is 7.92. The maximum absolute atomic E-state index is 5.51. The summed E-state index contributed by atoms with van der Waals surface area (Å²) in [6, 6.07) is 13.3. The van der Waals surface area contributed by atoms with Crippen LogP contribution in [0.1, 0.15) is 53.6 Å². The lowest BCUT2D eigenvalue weighted by molar-refractivity contribution is 0.675. The molecule has 1 aliphatic carbocycles. The minimum Gasteiger partial charge on any atom is -0.356 e. The van der Waals surface area contributed by atoms with Gasteiger partial charge in [-0.1, -0.05) is 30.3 Å². The molecule has 24 heavy (non-hydrogen) atoms. The van der Waals surface area contributed by atoms with E-state index in [1.54, 1.807) is 0 Å². The predicted molar refractivity (Wildman–Crippen MR) is 107 cm³/mol. The van der Waals surface area contributed by atoms with Gasteiger partial charge < -0.3 is 10.6 Å². The lowest BCUT2D eigenvalue weighted by atomic mass is 9.89. The number of fused-ring (bicyclic) bond motifs is 1. The Morgan fingerprint density at radius 2 is 1.79 bits per heavy atom. The minimum atomic E-state index is 0.197. The SMILES string of the molecule is Cc1cccc(NC(=S)N[C@H](C)c2ccc3c(c2)CCCC3)c1C.